The highest BCUT2D eigenvalue weighted by atomic mass is 16.5. The van der Waals surface area contributed by atoms with Crippen LogP contribution in [0, 0.1) is 11.3 Å². The zero-order valence-electron chi connectivity index (χ0n) is 12.5. The lowest BCUT2D eigenvalue weighted by Gasteiger charge is -2.37. The Morgan fingerprint density at radius 2 is 2.22 bits per heavy atom. The van der Waals surface area contributed by atoms with E-state index in [1.807, 2.05) is 0 Å². The molecule has 1 aliphatic heterocycles. The van der Waals surface area contributed by atoms with Crippen molar-refractivity contribution in [2.75, 3.05) is 39.5 Å². The summed E-state index contributed by atoms with van der Waals surface area (Å²) in [5, 5.41) is 3.56. The monoisotopic (exact) mass is 257 g/mol. The zero-order chi connectivity index (χ0) is 13.3. The molecule has 0 saturated carbocycles. The van der Waals surface area contributed by atoms with Gasteiger partial charge in [-0.2, -0.15) is 0 Å². The Morgan fingerprint density at radius 1 is 1.39 bits per heavy atom. The van der Waals surface area contributed by atoms with Crippen LogP contribution >= 0.6 is 0 Å². The first-order chi connectivity index (χ1) is 8.68. The SMILES string of the molecule is CCCNCC1(CCOCC(C)C)CCCOC1. The summed E-state index contributed by atoms with van der Waals surface area (Å²) < 4.78 is 11.4. The number of rotatable bonds is 9. The highest BCUT2D eigenvalue weighted by Gasteiger charge is 2.32. The highest BCUT2D eigenvalue weighted by molar-refractivity contribution is 4.84. The van der Waals surface area contributed by atoms with Crippen LogP contribution in [0.2, 0.25) is 0 Å². The molecule has 0 aromatic carbocycles. The average Bonchev–Trinajstić information content (AvgIpc) is 2.36. The molecule has 1 rings (SSSR count). The van der Waals surface area contributed by atoms with Gasteiger partial charge in [-0.05, 0) is 38.1 Å². The summed E-state index contributed by atoms with van der Waals surface area (Å²) in [5.41, 5.74) is 0.310. The molecule has 0 aliphatic carbocycles. The number of hydrogen-bond donors (Lipinski definition) is 1. The molecule has 1 saturated heterocycles. The maximum Gasteiger partial charge on any atom is 0.0535 e. The van der Waals surface area contributed by atoms with E-state index < -0.39 is 0 Å². The molecule has 0 aromatic heterocycles. The molecule has 0 aromatic rings. The van der Waals surface area contributed by atoms with Crippen LogP contribution in [0.3, 0.4) is 0 Å². The molecule has 1 aliphatic rings. The van der Waals surface area contributed by atoms with Crippen molar-refractivity contribution < 1.29 is 9.47 Å². The molecule has 108 valence electrons. The van der Waals surface area contributed by atoms with Crippen molar-refractivity contribution >= 4 is 0 Å². The van der Waals surface area contributed by atoms with Gasteiger partial charge in [-0.1, -0.05) is 20.8 Å². The Balaban J connectivity index is 2.29. The standard InChI is InChI=1S/C15H31NO2/c1-4-8-16-12-15(6-5-9-18-13-15)7-10-17-11-14(2)3/h14,16H,4-13H2,1-3H3. The van der Waals surface area contributed by atoms with Crippen molar-refractivity contribution in [1.82, 2.24) is 5.32 Å². The molecule has 0 spiro atoms. The van der Waals surface area contributed by atoms with Gasteiger partial charge in [0.2, 0.25) is 0 Å². The van der Waals surface area contributed by atoms with E-state index >= 15 is 0 Å². The number of nitrogens with one attached hydrogen (secondary N) is 1. The molecule has 1 heterocycles. The van der Waals surface area contributed by atoms with Gasteiger partial charge >= 0.3 is 0 Å². The van der Waals surface area contributed by atoms with E-state index in [-0.39, 0.29) is 0 Å². The van der Waals surface area contributed by atoms with E-state index in [2.05, 4.69) is 26.1 Å². The van der Waals surface area contributed by atoms with Gasteiger partial charge in [0.25, 0.3) is 0 Å². The predicted molar refractivity (Wildman–Crippen MR) is 75.9 cm³/mol. The van der Waals surface area contributed by atoms with E-state index in [1.165, 1.54) is 19.3 Å². The van der Waals surface area contributed by atoms with Crippen molar-refractivity contribution in [2.45, 2.75) is 46.5 Å². The largest absolute Gasteiger partial charge is 0.381 e. The van der Waals surface area contributed by atoms with E-state index in [0.29, 0.717) is 11.3 Å². The minimum absolute atomic E-state index is 0.310. The molecule has 3 heteroatoms. The van der Waals surface area contributed by atoms with Crippen LogP contribution < -0.4 is 5.32 Å². The van der Waals surface area contributed by atoms with Gasteiger partial charge in [-0.3, -0.25) is 0 Å². The zero-order valence-corrected chi connectivity index (χ0v) is 12.5. The van der Waals surface area contributed by atoms with Crippen LogP contribution in [-0.2, 0) is 9.47 Å². The van der Waals surface area contributed by atoms with Crippen molar-refractivity contribution in [3.8, 4) is 0 Å². The summed E-state index contributed by atoms with van der Waals surface area (Å²) in [6.45, 7) is 12.4. The van der Waals surface area contributed by atoms with Crippen LogP contribution in [0.15, 0.2) is 0 Å². The Labute approximate surface area is 113 Å². The first-order valence-corrected chi connectivity index (χ1v) is 7.55. The van der Waals surface area contributed by atoms with Gasteiger partial charge in [0.1, 0.15) is 0 Å². The van der Waals surface area contributed by atoms with E-state index in [4.69, 9.17) is 9.47 Å². The fraction of sp³-hybridized carbons (Fsp3) is 1.00. The maximum atomic E-state index is 5.75. The van der Waals surface area contributed by atoms with Gasteiger partial charge in [0.05, 0.1) is 6.61 Å². The molecule has 0 bridgehead atoms. The van der Waals surface area contributed by atoms with Gasteiger partial charge in [0.15, 0.2) is 0 Å². The summed E-state index contributed by atoms with van der Waals surface area (Å²) in [5.74, 6) is 0.627. The lowest BCUT2D eigenvalue weighted by molar-refractivity contribution is -0.0289. The van der Waals surface area contributed by atoms with Crippen LogP contribution in [0.1, 0.15) is 46.5 Å². The van der Waals surface area contributed by atoms with Gasteiger partial charge < -0.3 is 14.8 Å². The molecule has 1 N–H and O–H groups in total. The fourth-order valence-electron chi connectivity index (χ4n) is 2.47. The second-order valence-electron chi connectivity index (χ2n) is 6.05. The van der Waals surface area contributed by atoms with Crippen molar-refractivity contribution in [2.24, 2.45) is 11.3 Å². The minimum atomic E-state index is 0.310. The lowest BCUT2D eigenvalue weighted by atomic mass is 9.79. The van der Waals surface area contributed by atoms with Crippen LogP contribution in [0.25, 0.3) is 0 Å². The topological polar surface area (TPSA) is 30.5 Å². The second kappa shape index (κ2) is 8.89. The molecule has 18 heavy (non-hydrogen) atoms. The van der Waals surface area contributed by atoms with Gasteiger partial charge in [-0.25, -0.2) is 0 Å². The van der Waals surface area contributed by atoms with Gasteiger partial charge in [0, 0.05) is 31.8 Å². The molecule has 1 fully saturated rings. The summed E-state index contributed by atoms with van der Waals surface area (Å²) >= 11 is 0. The first kappa shape index (κ1) is 15.9. The third kappa shape index (κ3) is 6.17. The van der Waals surface area contributed by atoms with Crippen LogP contribution in [0.5, 0.6) is 0 Å². The number of ether oxygens (including phenoxy) is 2. The fourth-order valence-corrected chi connectivity index (χ4v) is 2.47. The third-order valence-electron chi connectivity index (χ3n) is 3.56. The van der Waals surface area contributed by atoms with Crippen LogP contribution in [0.4, 0.5) is 0 Å². The summed E-state index contributed by atoms with van der Waals surface area (Å²) in [4.78, 5) is 0. The third-order valence-corrected chi connectivity index (χ3v) is 3.56. The average molecular weight is 257 g/mol. The van der Waals surface area contributed by atoms with Crippen molar-refractivity contribution in [3.05, 3.63) is 0 Å². The summed E-state index contributed by atoms with van der Waals surface area (Å²) in [6.07, 6.45) is 4.78. The van der Waals surface area contributed by atoms with Crippen molar-refractivity contribution in [1.29, 1.82) is 0 Å². The highest BCUT2D eigenvalue weighted by Crippen LogP contribution is 2.31. The molecular weight excluding hydrogens is 226 g/mol. The first-order valence-electron chi connectivity index (χ1n) is 7.55. The lowest BCUT2D eigenvalue weighted by Crippen LogP contribution is -2.42. The molecule has 1 unspecified atom stereocenters. The maximum absolute atomic E-state index is 5.75. The Hall–Kier alpha value is -0.120. The molecule has 0 radical (unpaired) electrons. The smallest absolute Gasteiger partial charge is 0.0535 e. The molecular formula is C15H31NO2. The predicted octanol–water partition coefficient (Wildman–Crippen LogP) is 2.85. The van der Waals surface area contributed by atoms with E-state index in [0.717, 1.165) is 45.9 Å². The molecule has 1 atom stereocenters. The van der Waals surface area contributed by atoms with Gasteiger partial charge in [-0.15, -0.1) is 0 Å². The Bertz CT molecular complexity index is 201. The normalized spacial score (nSPS) is 24.7. The van der Waals surface area contributed by atoms with Crippen LogP contribution in [-0.4, -0.2) is 39.5 Å². The second-order valence-corrected chi connectivity index (χ2v) is 6.05. The number of hydrogen-bond acceptors (Lipinski definition) is 3. The quantitative estimate of drug-likeness (QED) is 0.644. The molecule has 3 nitrogen and oxygen atoms in total. The Morgan fingerprint density at radius 3 is 2.83 bits per heavy atom. The summed E-state index contributed by atoms with van der Waals surface area (Å²) in [6, 6.07) is 0. The van der Waals surface area contributed by atoms with E-state index in [1.54, 1.807) is 0 Å². The molecule has 0 amide bonds. The van der Waals surface area contributed by atoms with E-state index in [9.17, 15) is 0 Å². The Kier molecular flexibility index (Phi) is 7.87. The minimum Gasteiger partial charge on any atom is -0.381 e. The summed E-state index contributed by atoms with van der Waals surface area (Å²) in [7, 11) is 0. The van der Waals surface area contributed by atoms with Crippen molar-refractivity contribution in [3.63, 3.8) is 0 Å².